The average Bonchev–Trinajstić information content (AvgIpc) is 3.14. The first-order valence-corrected chi connectivity index (χ1v) is 10.9. The number of aromatic nitrogens is 4. The van der Waals surface area contributed by atoms with Gasteiger partial charge in [0.2, 0.25) is 5.95 Å². The highest BCUT2D eigenvalue weighted by Gasteiger charge is 2.19. The smallest absolute Gasteiger partial charge is 0.318 e. The van der Waals surface area contributed by atoms with Crippen molar-refractivity contribution in [2.24, 2.45) is 0 Å². The third kappa shape index (κ3) is 5.76. The van der Waals surface area contributed by atoms with Crippen LogP contribution in [0, 0.1) is 0 Å². The number of carbonyl (C=O) groups is 1. The molecule has 3 aromatic rings. The molecule has 0 aliphatic carbocycles. The zero-order chi connectivity index (χ0) is 23.2. The van der Waals surface area contributed by atoms with Crippen LogP contribution in [0.1, 0.15) is 13.3 Å². The summed E-state index contributed by atoms with van der Waals surface area (Å²) < 4.78 is 1.70. The molecule has 2 amide bonds. The number of pyridine rings is 1. The van der Waals surface area contributed by atoms with Gasteiger partial charge in [-0.25, -0.2) is 14.5 Å². The van der Waals surface area contributed by atoms with Crippen molar-refractivity contribution in [1.29, 1.82) is 0 Å². The highest BCUT2D eigenvalue weighted by atomic mass is 16.3. The minimum atomic E-state index is -0.436. The van der Waals surface area contributed by atoms with Gasteiger partial charge in [0.15, 0.2) is 0 Å². The maximum Gasteiger partial charge on any atom is 0.318 e. The van der Waals surface area contributed by atoms with Crippen LogP contribution in [0.15, 0.2) is 48.9 Å². The van der Waals surface area contributed by atoms with Crippen LogP contribution in [0.4, 0.5) is 27.9 Å². The number of hydrogen-bond acceptors (Lipinski definition) is 8. The van der Waals surface area contributed by atoms with E-state index in [9.17, 15) is 9.90 Å². The summed E-state index contributed by atoms with van der Waals surface area (Å²) in [5.41, 5.74) is 2.35. The molecule has 1 aliphatic heterocycles. The molecule has 174 valence electrons. The summed E-state index contributed by atoms with van der Waals surface area (Å²) in [6.07, 6.45) is 3.95. The van der Waals surface area contributed by atoms with Gasteiger partial charge in [-0.15, -0.1) is 5.10 Å². The largest absolute Gasteiger partial charge is 0.379 e. The first kappa shape index (κ1) is 22.5. The van der Waals surface area contributed by atoms with Gasteiger partial charge in [-0.3, -0.25) is 4.90 Å². The zero-order valence-corrected chi connectivity index (χ0v) is 18.8. The summed E-state index contributed by atoms with van der Waals surface area (Å²) >= 11 is 0. The number of rotatable bonds is 6. The molecule has 0 bridgehead atoms. The molecule has 11 heteroatoms. The predicted molar refractivity (Wildman–Crippen MR) is 127 cm³/mol. The van der Waals surface area contributed by atoms with Crippen LogP contribution < -0.4 is 20.9 Å². The van der Waals surface area contributed by atoms with Crippen molar-refractivity contribution >= 4 is 29.2 Å². The molecule has 1 saturated heterocycles. The van der Waals surface area contributed by atoms with Crippen LogP contribution >= 0.6 is 0 Å². The van der Waals surface area contributed by atoms with Gasteiger partial charge in [-0.05, 0) is 43.7 Å². The van der Waals surface area contributed by atoms with Gasteiger partial charge in [0, 0.05) is 56.9 Å². The van der Waals surface area contributed by atoms with Gasteiger partial charge >= 0.3 is 6.03 Å². The molecule has 0 radical (unpaired) electrons. The molecule has 11 nitrogen and oxygen atoms in total. The maximum atomic E-state index is 11.4. The Morgan fingerprint density at radius 2 is 1.85 bits per heavy atom. The molecule has 1 aromatic carbocycles. The monoisotopic (exact) mass is 451 g/mol. The van der Waals surface area contributed by atoms with E-state index in [2.05, 4.69) is 40.8 Å². The fourth-order valence-electron chi connectivity index (χ4n) is 3.67. The quantitative estimate of drug-likeness (QED) is 0.449. The number of carbonyl (C=O) groups excluding carboxylic acids is 1. The maximum absolute atomic E-state index is 11.4. The normalized spacial score (nSPS) is 15.5. The number of nitrogens with one attached hydrogen (secondary N) is 3. The molecule has 4 rings (SSSR count). The summed E-state index contributed by atoms with van der Waals surface area (Å²) in [7, 11) is 1.57. The Hall–Kier alpha value is -3.70. The molecular formula is C22H29N9O2. The van der Waals surface area contributed by atoms with Gasteiger partial charge < -0.3 is 26.0 Å². The lowest BCUT2D eigenvalue weighted by molar-refractivity contribution is 0.0238. The molecule has 1 aliphatic rings. The number of hydrogen-bond donors (Lipinski definition) is 4. The second-order valence-corrected chi connectivity index (χ2v) is 7.80. The third-order valence-electron chi connectivity index (χ3n) is 5.49. The van der Waals surface area contributed by atoms with Gasteiger partial charge in [-0.2, -0.15) is 4.98 Å². The fraction of sp³-hybridized carbons (Fsp3) is 0.364. The number of anilines is 4. The molecule has 1 atom stereocenters. The van der Waals surface area contributed by atoms with Crippen molar-refractivity contribution in [3.8, 4) is 5.69 Å². The Balaban J connectivity index is 1.42. The number of amides is 2. The van der Waals surface area contributed by atoms with Crippen molar-refractivity contribution in [2.45, 2.75) is 19.6 Å². The lowest BCUT2D eigenvalue weighted by Gasteiger charge is -2.24. The minimum Gasteiger partial charge on any atom is -0.379 e. The molecule has 3 heterocycles. The standard InChI is InChI=1S/C22H29N9O2/c1-16(32)29-10-3-11-30(13-12-29)20-14-19(8-9-24-20)31-15-25-21(28-31)26-17-4-6-18(7-5-17)27-22(33)23-2/h4-9,14-16,32H,3,10-13H2,1-2H3,(H,26,28)(H2,23,27,33). The topological polar surface area (TPSA) is 123 Å². The first-order valence-electron chi connectivity index (χ1n) is 10.9. The van der Waals surface area contributed by atoms with Crippen LogP contribution in [0.3, 0.4) is 0 Å². The molecule has 4 N–H and O–H groups in total. The van der Waals surface area contributed by atoms with Crippen molar-refractivity contribution in [1.82, 2.24) is 30.0 Å². The molecule has 1 fully saturated rings. The number of benzene rings is 1. The third-order valence-corrected chi connectivity index (χ3v) is 5.49. The van der Waals surface area contributed by atoms with E-state index in [1.54, 1.807) is 43.3 Å². The van der Waals surface area contributed by atoms with E-state index in [4.69, 9.17) is 0 Å². The van der Waals surface area contributed by atoms with Crippen molar-refractivity contribution in [3.05, 3.63) is 48.9 Å². The summed E-state index contributed by atoms with van der Waals surface area (Å²) in [5, 5.41) is 22.8. The van der Waals surface area contributed by atoms with Crippen molar-refractivity contribution < 1.29 is 9.90 Å². The average molecular weight is 452 g/mol. The predicted octanol–water partition coefficient (Wildman–Crippen LogP) is 2.01. The van der Waals surface area contributed by atoms with E-state index in [0.717, 1.165) is 49.8 Å². The van der Waals surface area contributed by atoms with Crippen LogP contribution in [0.25, 0.3) is 5.69 Å². The lowest BCUT2D eigenvalue weighted by atomic mass is 10.3. The van der Waals surface area contributed by atoms with Crippen LogP contribution in [-0.2, 0) is 0 Å². The van der Waals surface area contributed by atoms with E-state index >= 15 is 0 Å². The highest BCUT2D eigenvalue weighted by Crippen LogP contribution is 2.20. The Bertz CT molecular complexity index is 1070. The fourth-order valence-corrected chi connectivity index (χ4v) is 3.67. The highest BCUT2D eigenvalue weighted by molar-refractivity contribution is 5.89. The SMILES string of the molecule is CNC(=O)Nc1ccc(Nc2ncn(-c3ccnc(N4CCCN(C(C)O)CC4)c3)n2)cc1. The van der Waals surface area contributed by atoms with Crippen molar-refractivity contribution in [3.63, 3.8) is 0 Å². The number of urea groups is 1. The Labute approximate surface area is 192 Å². The van der Waals surface area contributed by atoms with Crippen LogP contribution in [0.2, 0.25) is 0 Å². The van der Waals surface area contributed by atoms with E-state index < -0.39 is 6.23 Å². The summed E-state index contributed by atoms with van der Waals surface area (Å²) in [5.74, 6) is 1.34. The molecule has 2 aromatic heterocycles. The van der Waals surface area contributed by atoms with E-state index in [1.807, 2.05) is 24.3 Å². The zero-order valence-electron chi connectivity index (χ0n) is 18.8. The Morgan fingerprint density at radius 1 is 1.06 bits per heavy atom. The van der Waals surface area contributed by atoms with Gasteiger partial charge in [-0.1, -0.05) is 0 Å². The van der Waals surface area contributed by atoms with E-state index in [1.165, 1.54) is 0 Å². The number of aliphatic hydroxyl groups excluding tert-OH is 1. The van der Waals surface area contributed by atoms with Crippen LogP contribution in [-0.4, -0.2) is 75.2 Å². The summed E-state index contributed by atoms with van der Waals surface area (Å²) in [6, 6.07) is 10.9. The first-order chi connectivity index (χ1) is 16.0. The number of nitrogens with zero attached hydrogens (tertiary/aromatic N) is 6. The molecule has 33 heavy (non-hydrogen) atoms. The van der Waals surface area contributed by atoms with Crippen molar-refractivity contribution in [2.75, 3.05) is 48.8 Å². The second-order valence-electron chi connectivity index (χ2n) is 7.80. The van der Waals surface area contributed by atoms with Gasteiger partial charge in [0.1, 0.15) is 18.4 Å². The summed E-state index contributed by atoms with van der Waals surface area (Å²) in [4.78, 5) is 24.6. The Morgan fingerprint density at radius 3 is 2.61 bits per heavy atom. The summed E-state index contributed by atoms with van der Waals surface area (Å²) in [6.45, 7) is 5.15. The number of aliphatic hydroxyl groups is 1. The Kier molecular flexibility index (Phi) is 7.01. The molecule has 0 saturated carbocycles. The lowest BCUT2D eigenvalue weighted by Crippen LogP contribution is -2.36. The molecule has 0 spiro atoms. The van der Waals surface area contributed by atoms with Gasteiger partial charge in [0.05, 0.1) is 5.69 Å². The second kappa shape index (κ2) is 10.3. The molecule has 1 unspecified atom stereocenters. The van der Waals surface area contributed by atoms with Crippen LogP contribution in [0.5, 0.6) is 0 Å². The van der Waals surface area contributed by atoms with E-state index in [-0.39, 0.29) is 6.03 Å². The molecular weight excluding hydrogens is 422 g/mol. The minimum absolute atomic E-state index is 0.270. The van der Waals surface area contributed by atoms with E-state index in [0.29, 0.717) is 11.6 Å². The van der Waals surface area contributed by atoms with Gasteiger partial charge in [0.25, 0.3) is 0 Å².